The zero-order valence-corrected chi connectivity index (χ0v) is 25.8. The summed E-state index contributed by atoms with van der Waals surface area (Å²) in [5, 5.41) is 4.47. The van der Waals surface area contributed by atoms with Gasteiger partial charge in [-0.1, -0.05) is 103 Å². The molecule has 5 heterocycles. The minimum atomic E-state index is 0.611. The highest BCUT2D eigenvalue weighted by Gasteiger charge is 2.15. The summed E-state index contributed by atoms with van der Waals surface area (Å²) in [6.45, 7) is 0. The standard InChI is InChI=1S/C40H24N6S/c1-3-11-26(12-4-1)37-44-38(27-13-5-2-6-14-27)46-39(45-37)29-16-9-15-28(22-29)34-23-32-31-18-19-33(43-40(31)47-35(32)24-42-34)36-30-17-8-7-10-25(30)20-21-41-36/h1-24H. The van der Waals surface area contributed by atoms with Crippen molar-refractivity contribution < 1.29 is 0 Å². The van der Waals surface area contributed by atoms with Crippen LogP contribution in [0.15, 0.2) is 146 Å². The molecule has 0 saturated carbocycles. The van der Waals surface area contributed by atoms with Gasteiger partial charge in [-0.3, -0.25) is 9.97 Å². The summed E-state index contributed by atoms with van der Waals surface area (Å²) in [5.74, 6) is 1.88. The molecule has 0 radical (unpaired) electrons. The average molecular weight is 621 g/mol. The molecule has 9 aromatic rings. The van der Waals surface area contributed by atoms with Crippen molar-refractivity contribution in [3.8, 4) is 56.8 Å². The molecular weight excluding hydrogens is 597 g/mol. The first-order valence-electron chi connectivity index (χ1n) is 15.3. The van der Waals surface area contributed by atoms with Gasteiger partial charge in [-0.2, -0.15) is 0 Å². The second-order valence-electron chi connectivity index (χ2n) is 11.2. The molecule has 47 heavy (non-hydrogen) atoms. The molecule has 220 valence electrons. The van der Waals surface area contributed by atoms with Crippen LogP contribution in [0.25, 0.3) is 87.9 Å². The Labute approximate surface area is 274 Å². The predicted octanol–water partition coefficient (Wildman–Crippen LogP) is 9.91. The quantitative estimate of drug-likeness (QED) is 0.191. The fourth-order valence-electron chi connectivity index (χ4n) is 5.93. The van der Waals surface area contributed by atoms with E-state index in [-0.39, 0.29) is 0 Å². The number of pyridine rings is 3. The van der Waals surface area contributed by atoms with Crippen molar-refractivity contribution in [1.82, 2.24) is 29.9 Å². The number of nitrogens with zero attached hydrogens (tertiary/aromatic N) is 6. The Morgan fingerprint density at radius 3 is 1.85 bits per heavy atom. The summed E-state index contributed by atoms with van der Waals surface area (Å²) in [5.41, 5.74) is 6.38. The highest BCUT2D eigenvalue weighted by atomic mass is 32.1. The van der Waals surface area contributed by atoms with Gasteiger partial charge < -0.3 is 0 Å². The summed E-state index contributed by atoms with van der Waals surface area (Å²) in [6, 6.07) is 45.0. The molecule has 0 fully saturated rings. The molecule has 4 aromatic carbocycles. The van der Waals surface area contributed by atoms with Crippen LogP contribution in [-0.4, -0.2) is 29.9 Å². The summed E-state index contributed by atoms with van der Waals surface area (Å²) >= 11 is 1.65. The van der Waals surface area contributed by atoms with E-state index in [4.69, 9.17) is 24.9 Å². The highest BCUT2D eigenvalue weighted by molar-refractivity contribution is 7.25. The molecule has 0 bridgehead atoms. The first-order chi connectivity index (χ1) is 23.3. The van der Waals surface area contributed by atoms with Crippen molar-refractivity contribution in [2.24, 2.45) is 0 Å². The molecule has 0 spiro atoms. The van der Waals surface area contributed by atoms with E-state index in [2.05, 4.69) is 47.4 Å². The Bertz CT molecular complexity index is 2520. The highest BCUT2D eigenvalue weighted by Crippen LogP contribution is 2.37. The van der Waals surface area contributed by atoms with E-state index in [9.17, 15) is 0 Å². The Kier molecular flexibility index (Phi) is 6.54. The fraction of sp³-hybridized carbons (Fsp3) is 0. The molecule has 6 nitrogen and oxygen atoms in total. The largest absolute Gasteiger partial charge is 0.255 e. The van der Waals surface area contributed by atoms with E-state index in [0.29, 0.717) is 17.5 Å². The molecule has 5 aromatic heterocycles. The summed E-state index contributed by atoms with van der Waals surface area (Å²) < 4.78 is 1.09. The zero-order valence-electron chi connectivity index (χ0n) is 24.9. The molecule has 9 rings (SSSR count). The van der Waals surface area contributed by atoms with Crippen molar-refractivity contribution in [3.63, 3.8) is 0 Å². The van der Waals surface area contributed by atoms with Gasteiger partial charge in [0.2, 0.25) is 0 Å². The first kappa shape index (κ1) is 27.2. The molecule has 0 aliphatic heterocycles. The maximum Gasteiger partial charge on any atom is 0.164 e. The van der Waals surface area contributed by atoms with Crippen molar-refractivity contribution in [3.05, 3.63) is 146 Å². The van der Waals surface area contributed by atoms with E-state index in [1.54, 1.807) is 11.3 Å². The van der Waals surface area contributed by atoms with E-state index in [0.717, 1.165) is 70.4 Å². The lowest BCUT2D eigenvalue weighted by atomic mass is 10.0. The van der Waals surface area contributed by atoms with Crippen molar-refractivity contribution in [2.45, 2.75) is 0 Å². The number of aromatic nitrogens is 6. The van der Waals surface area contributed by atoms with Crippen LogP contribution in [0.1, 0.15) is 0 Å². The van der Waals surface area contributed by atoms with Gasteiger partial charge >= 0.3 is 0 Å². The third-order valence-corrected chi connectivity index (χ3v) is 9.31. The third-order valence-electron chi connectivity index (χ3n) is 8.26. The SMILES string of the molecule is c1ccc(-c2nc(-c3ccccc3)nc(-c3cccc(-c4cc5c(cn4)sc4nc(-c6nccc7ccccc67)ccc45)c3)n2)cc1. The van der Waals surface area contributed by atoms with Gasteiger partial charge in [0.1, 0.15) is 4.83 Å². The lowest BCUT2D eigenvalue weighted by molar-refractivity contribution is 1.07. The van der Waals surface area contributed by atoms with Crippen LogP contribution < -0.4 is 0 Å². The average Bonchev–Trinajstić information content (AvgIpc) is 3.52. The minimum absolute atomic E-state index is 0.611. The van der Waals surface area contributed by atoms with Crippen molar-refractivity contribution in [2.75, 3.05) is 0 Å². The molecule has 7 heteroatoms. The number of hydrogen-bond donors (Lipinski definition) is 0. The van der Waals surface area contributed by atoms with Crippen LogP contribution in [0.5, 0.6) is 0 Å². The fourth-order valence-corrected chi connectivity index (χ4v) is 6.96. The van der Waals surface area contributed by atoms with Gasteiger partial charge in [-0.15, -0.1) is 11.3 Å². The van der Waals surface area contributed by atoms with Crippen LogP contribution in [0.3, 0.4) is 0 Å². The maximum atomic E-state index is 5.06. The monoisotopic (exact) mass is 620 g/mol. The Morgan fingerprint density at radius 2 is 1.09 bits per heavy atom. The van der Waals surface area contributed by atoms with Crippen molar-refractivity contribution in [1.29, 1.82) is 0 Å². The van der Waals surface area contributed by atoms with Crippen LogP contribution >= 0.6 is 11.3 Å². The van der Waals surface area contributed by atoms with Gasteiger partial charge in [0.25, 0.3) is 0 Å². The number of fused-ring (bicyclic) bond motifs is 4. The van der Waals surface area contributed by atoms with Crippen LogP contribution in [0.2, 0.25) is 0 Å². The van der Waals surface area contributed by atoms with Gasteiger partial charge in [0.15, 0.2) is 17.5 Å². The maximum absolute atomic E-state index is 5.06. The zero-order chi connectivity index (χ0) is 31.2. The molecule has 0 amide bonds. The molecule has 0 unspecified atom stereocenters. The lowest BCUT2D eigenvalue weighted by Crippen LogP contribution is -2.00. The van der Waals surface area contributed by atoms with Crippen LogP contribution in [-0.2, 0) is 0 Å². The van der Waals surface area contributed by atoms with Gasteiger partial charge in [0.05, 0.1) is 21.8 Å². The normalized spacial score (nSPS) is 11.4. The lowest BCUT2D eigenvalue weighted by Gasteiger charge is -2.09. The number of rotatable bonds is 5. The van der Waals surface area contributed by atoms with Crippen LogP contribution in [0, 0.1) is 0 Å². The topological polar surface area (TPSA) is 77.3 Å². The Hall–Kier alpha value is -6.18. The number of thiophene rings is 1. The van der Waals surface area contributed by atoms with E-state index in [1.165, 1.54) is 0 Å². The Balaban J connectivity index is 1.12. The van der Waals surface area contributed by atoms with Crippen molar-refractivity contribution >= 4 is 42.4 Å². The predicted molar refractivity (Wildman–Crippen MR) is 191 cm³/mol. The van der Waals surface area contributed by atoms with Gasteiger partial charge in [-0.05, 0) is 35.7 Å². The van der Waals surface area contributed by atoms with Gasteiger partial charge in [-0.25, -0.2) is 19.9 Å². The molecule has 0 saturated heterocycles. The van der Waals surface area contributed by atoms with E-state index in [1.807, 2.05) is 103 Å². The summed E-state index contributed by atoms with van der Waals surface area (Å²) in [7, 11) is 0. The number of hydrogen-bond acceptors (Lipinski definition) is 7. The van der Waals surface area contributed by atoms with Gasteiger partial charge in [0, 0.05) is 50.8 Å². The number of benzene rings is 4. The smallest absolute Gasteiger partial charge is 0.164 e. The minimum Gasteiger partial charge on any atom is -0.255 e. The molecular formula is C40H24N6S. The summed E-state index contributed by atoms with van der Waals surface area (Å²) in [6.07, 6.45) is 3.80. The first-order valence-corrected chi connectivity index (χ1v) is 16.1. The van der Waals surface area contributed by atoms with E-state index < -0.39 is 0 Å². The molecule has 0 atom stereocenters. The van der Waals surface area contributed by atoms with Crippen LogP contribution in [0.4, 0.5) is 0 Å². The second-order valence-corrected chi connectivity index (χ2v) is 12.2. The molecule has 0 aliphatic carbocycles. The second kappa shape index (κ2) is 11.3. The molecule has 0 aliphatic rings. The molecule has 0 N–H and O–H groups in total. The third kappa shape index (κ3) is 4.99. The Morgan fingerprint density at radius 1 is 0.426 bits per heavy atom. The van der Waals surface area contributed by atoms with E-state index >= 15 is 0 Å². The summed E-state index contributed by atoms with van der Waals surface area (Å²) in [4.78, 5) is 30.3.